The van der Waals surface area contributed by atoms with Gasteiger partial charge in [0.1, 0.15) is 24.5 Å². The van der Waals surface area contributed by atoms with Crippen LogP contribution in [-0.2, 0) is 11.3 Å². The lowest BCUT2D eigenvalue weighted by Crippen LogP contribution is -2.49. The summed E-state index contributed by atoms with van der Waals surface area (Å²) in [5.41, 5.74) is 1.67. The highest BCUT2D eigenvalue weighted by atomic mass is 19.3. The lowest BCUT2D eigenvalue weighted by Gasteiger charge is -2.34. The molecule has 2 atom stereocenters. The van der Waals surface area contributed by atoms with E-state index in [2.05, 4.69) is 31.9 Å². The number of amides is 1. The molecule has 2 unspecified atom stereocenters. The van der Waals surface area contributed by atoms with Crippen LogP contribution in [-0.4, -0.2) is 67.3 Å². The van der Waals surface area contributed by atoms with Crippen molar-refractivity contribution < 1.29 is 22.7 Å². The molecule has 1 amide bonds. The zero-order chi connectivity index (χ0) is 22.8. The van der Waals surface area contributed by atoms with E-state index in [1.807, 2.05) is 6.92 Å². The smallest absolute Gasteiger partial charge is 0.257 e. The van der Waals surface area contributed by atoms with Gasteiger partial charge in [-0.3, -0.25) is 9.48 Å². The molecule has 1 saturated heterocycles. The molecule has 4 heterocycles. The van der Waals surface area contributed by atoms with Crippen LogP contribution in [0.2, 0.25) is 0 Å². The summed E-state index contributed by atoms with van der Waals surface area (Å²) in [6, 6.07) is 0. The molecule has 0 aliphatic carbocycles. The van der Waals surface area contributed by atoms with Crippen LogP contribution < -0.4 is 10.1 Å². The number of aromatic amines is 1. The summed E-state index contributed by atoms with van der Waals surface area (Å²) in [5.74, 6) is -0.0210. The minimum Gasteiger partial charge on any atom is -0.469 e. The number of aromatic nitrogens is 5. The molecule has 170 valence electrons. The second-order valence-electron chi connectivity index (χ2n) is 7.46. The first-order chi connectivity index (χ1) is 15.3. The Morgan fingerprint density at radius 3 is 3.03 bits per heavy atom. The molecule has 3 aromatic heterocycles. The molecule has 1 fully saturated rings. The van der Waals surface area contributed by atoms with E-state index in [1.54, 1.807) is 6.20 Å². The summed E-state index contributed by atoms with van der Waals surface area (Å²) < 4.78 is 46.8. The molecule has 32 heavy (non-hydrogen) atoms. The molecule has 0 radical (unpaired) electrons. The Bertz CT molecular complexity index is 1130. The highest BCUT2D eigenvalue weighted by Gasteiger charge is 2.33. The van der Waals surface area contributed by atoms with Crippen molar-refractivity contribution in [3.8, 4) is 5.88 Å². The van der Waals surface area contributed by atoms with Crippen molar-refractivity contribution in [2.45, 2.75) is 38.6 Å². The Kier molecular flexibility index (Phi) is 6.01. The number of alkyl halides is 3. The van der Waals surface area contributed by atoms with Crippen molar-refractivity contribution in [2.75, 3.05) is 18.4 Å². The van der Waals surface area contributed by atoms with Crippen molar-refractivity contribution in [3.63, 3.8) is 0 Å². The van der Waals surface area contributed by atoms with Gasteiger partial charge in [0, 0.05) is 18.9 Å². The van der Waals surface area contributed by atoms with E-state index in [4.69, 9.17) is 4.74 Å². The number of hydrogen-bond donors (Lipinski definition) is 2. The van der Waals surface area contributed by atoms with Gasteiger partial charge in [0.05, 0.1) is 23.8 Å². The molecule has 0 bridgehead atoms. The van der Waals surface area contributed by atoms with Crippen LogP contribution >= 0.6 is 0 Å². The lowest BCUT2D eigenvalue weighted by molar-refractivity contribution is -0.130. The van der Waals surface area contributed by atoms with Crippen LogP contribution in [0, 0.1) is 6.92 Å². The van der Waals surface area contributed by atoms with E-state index in [0.717, 1.165) is 10.2 Å². The van der Waals surface area contributed by atoms with Gasteiger partial charge in [-0.1, -0.05) is 6.58 Å². The summed E-state index contributed by atoms with van der Waals surface area (Å²) in [6.07, 6.45) is 1.08. The molecule has 9 nitrogen and oxygen atoms in total. The molecule has 0 saturated carbocycles. The van der Waals surface area contributed by atoms with Gasteiger partial charge in [-0.2, -0.15) is 15.1 Å². The second kappa shape index (κ2) is 8.89. The molecule has 1 aliphatic heterocycles. The minimum atomic E-state index is -2.53. The molecule has 4 rings (SSSR count). The zero-order valence-electron chi connectivity index (χ0n) is 17.3. The van der Waals surface area contributed by atoms with Crippen molar-refractivity contribution in [1.82, 2.24) is 29.6 Å². The predicted molar refractivity (Wildman–Crippen MR) is 111 cm³/mol. The topological polar surface area (TPSA) is 101 Å². The number of anilines is 2. The Hall–Kier alpha value is -3.57. The van der Waals surface area contributed by atoms with Gasteiger partial charge in [0.2, 0.25) is 17.7 Å². The number of carbonyl (C=O) groups is 1. The number of fused-ring (bicyclic) bond motifs is 1. The lowest BCUT2D eigenvalue weighted by atomic mass is 10.1. The Labute approximate surface area is 181 Å². The van der Waals surface area contributed by atoms with E-state index in [0.29, 0.717) is 16.7 Å². The largest absolute Gasteiger partial charge is 0.469 e. The summed E-state index contributed by atoms with van der Waals surface area (Å²) in [4.78, 5) is 25.2. The third-order valence-electron chi connectivity index (χ3n) is 5.14. The zero-order valence-corrected chi connectivity index (χ0v) is 17.3. The SMILES string of the molecule is C=CC(=O)N1CCC(F)C(Oc2nc(Nc3cnn(CC(F)F)c3)nc3[nH]cc(C)c23)C1. The number of hydrogen-bond acceptors (Lipinski definition) is 6. The maximum Gasteiger partial charge on any atom is 0.257 e. The van der Waals surface area contributed by atoms with Gasteiger partial charge >= 0.3 is 0 Å². The number of rotatable bonds is 7. The molecule has 2 N–H and O–H groups in total. The van der Waals surface area contributed by atoms with E-state index in [-0.39, 0.29) is 37.2 Å². The van der Waals surface area contributed by atoms with Crippen LogP contribution in [0.3, 0.4) is 0 Å². The second-order valence-corrected chi connectivity index (χ2v) is 7.46. The number of ether oxygens (including phenoxy) is 1. The molecule has 1 aliphatic rings. The maximum atomic E-state index is 14.6. The Morgan fingerprint density at radius 2 is 2.28 bits per heavy atom. The average Bonchev–Trinajstić information content (AvgIpc) is 3.34. The Balaban J connectivity index is 1.60. The normalized spacial score (nSPS) is 18.8. The van der Waals surface area contributed by atoms with Crippen LogP contribution in [0.1, 0.15) is 12.0 Å². The fourth-order valence-corrected chi connectivity index (χ4v) is 3.56. The van der Waals surface area contributed by atoms with E-state index < -0.39 is 25.2 Å². The standard InChI is InChI=1S/C20H22F3N7O2/c1-3-16(31)29-5-4-13(21)14(9-29)32-19-17-11(2)6-24-18(17)27-20(28-19)26-12-7-25-30(8-12)10-15(22)23/h3,6-8,13-15H,1,4-5,9-10H2,2H3,(H2,24,26,27,28). The first kappa shape index (κ1) is 21.7. The highest BCUT2D eigenvalue weighted by Crippen LogP contribution is 2.30. The van der Waals surface area contributed by atoms with Gasteiger partial charge in [0.15, 0.2) is 0 Å². The van der Waals surface area contributed by atoms with Gasteiger partial charge in [-0.05, 0) is 25.0 Å². The van der Waals surface area contributed by atoms with Crippen LogP contribution in [0.25, 0.3) is 11.0 Å². The quantitative estimate of drug-likeness (QED) is 0.538. The number of halogens is 3. The first-order valence-electron chi connectivity index (χ1n) is 9.99. The van der Waals surface area contributed by atoms with Gasteiger partial charge in [-0.15, -0.1) is 0 Å². The molecule has 3 aromatic rings. The van der Waals surface area contributed by atoms with Crippen LogP contribution in [0.15, 0.2) is 31.2 Å². The van der Waals surface area contributed by atoms with Crippen molar-refractivity contribution in [1.29, 1.82) is 0 Å². The molecule has 12 heteroatoms. The summed E-state index contributed by atoms with van der Waals surface area (Å²) in [7, 11) is 0. The predicted octanol–water partition coefficient (Wildman–Crippen LogP) is 2.98. The third-order valence-corrected chi connectivity index (χ3v) is 5.14. The fourth-order valence-electron chi connectivity index (χ4n) is 3.56. The first-order valence-corrected chi connectivity index (χ1v) is 9.99. The number of piperidine rings is 1. The fraction of sp³-hybridized carbons (Fsp3) is 0.400. The summed E-state index contributed by atoms with van der Waals surface area (Å²) in [6.45, 7) is 5.11. The van der Waals surface area contributed by atoms with Crippen molar-refractivity contribution in [2.24, 2.45) is 0 Å². The van der Waals surface area contributed by atoms with E-state index >= 15 is 0 Å². The van der Waals surface area contributed by atoms with Crippen molar-refractivity contribution in [3.05, 3.63) is 36.8 Å². The van der Waals surface area contributed by atoms with Gasteiger partial charge < -0.3 is 19.9 Å². The van der Waals surface area contributed by atoms with Gasteiger partial charge in [-0.25, -0.2) is 13.2 Å². The number of H-pyrrole nitrogens is 1. The van der Waals surface area contributed by atoms with Crippen LogP contribution in [0.5, 0.6) is 5.88 Å². The number of likely N-dealkylation sites (tertiary alicyclic amines) is 1. The monoisotopic (exact) mass is 449 g/mol. The molecular formula is C20H22F3N7O2. The summed E-state index contributed by atoms with van der Waals surface area (Å²) in [5, 5.41) is 7.35. The van der Waals surface area contributed by atoms with Crippen LogP contribution in [0.4, 0.5) is 24.8 Å². The maximum absolute atomic E-state index is 14.6. The van der Waals surface area contributed by atoms with E-state index in [9.17, 15) is 18.0 Å². The van der Waals surface area contributed by atoms with Crippen molar-refractivity contribution >= 4 is 28.6 Å². The number of nitrogens with zero attached hydrogens (tertiary/aromatic N) is 5. The molecule has 0 spiro atoms. The number of nitrogens with one attached hydrogen (secondary N) is 2. The molecule has 0 aromatic carbocycles. The highest BCUT2D eigenvalue weighted by molar-refractivity contribution is 5.87. The Morgan fingerprint density at radius 1 is 1.47 bits per heavy atom. The summed E-state index contributed by atoms with van der Waals surface area (Å²) >= 11 is 0. The number of carbonyl (C=O) groups excluding carboxylic acids is 1. The van der Waals surface area contributed by atoms with Gasteiger partial charge in [0.25, 0.3) is 6.43 Å². The molecular weight excluding hydrogens is 427 g/mol. The van der Waals surface area contributed by atoms with E-state index in [1.165, 1.54) is 23.4 Å². The number of aryl methyl sites for hydroxylation is 1. The average molecular weight is 449 g/mol. The third kappa shape index (κ3) is 4.53. The minimum absolute atomic E-state index is 0.0597.